The number of ketones is 1. The van der Waals surface area contributed by atoms with Crippen LogP contribution in [0.4, 0.5) is 8.78 Å². The minimum atomic E-state index is -3.03. The molecule has 0 spiro atoms. The molecule has 2 heterocycles. The zero-order valence-corrected chi connectivity index (χ0v) is 9.43. The minimum Gasteiger partial charge on any atom is -0.338 e. The molecule has 0 aliphatic heterocycles. The third kappa shape index (κ3) is 2.55. The summed E-state index contributed by atoms with van der Waals surface area (Å²) < 4.78 is 28.9. The van der Waals surface area contributed by atoms with Crippen LogP contribution in [0, 0.1) is 6.92 Å². The number of carbonyl (C=O) groups is 1. The van der Waals surface area contributed by atoms with E-state index in [2.05, 4.69) is 15.1 Å². The van der Waals surface area contributed by atoms with Crippen molar-refractivity contribution >= 4 is 5.78 Å². The Kier molecular flexibility index (Phi) is 3.40. The molecule has 0 N–H and O–H groups in total. The first-order chi connectivity index (χ1) is 8.58. The van der Waals surface area contributed by atoms with Crippen LogP contribution in [0.25, 0.3) is 11.5 Å². The van der Waals surface area contributed by atoms with Gasteiger partial charge in [-0.2, -0.15) is 4.98 Å². The zero-order valence-electron chi connectivity index (χ0n) is 9.43. The van der Waals surface area contributed by atoms with Crippen LogP contribution in [-0.2, 0) is 11.2 Å². The van der Waals surface area contributed by atoms with Crippen LogP contribution < -0.4 is 0 Å². The van der Waals surface area contributed by atoms with Gasteiger partial charge < -0.3 is 4.52 Å². The van der Waals surface area contributed by atoms with Crippen molar-refractivity contribution in [3.63, 3.8) is 0 Å². The van der Waals surface area contributed by atoms with Crippen molar-refractivity contribution in [1.82, 2.24) is 15.1 Å². The van der Waals surface area contributed by atoms with E-state index < -0.39 is 18.6 Å². The molecule has 2 aromatic rings. The Hall–Kier alpha value is -2.18. The molecule has 0 radical (unpaired) electrons. The molecule has 0 amide bonds. The summed E-state index contributed by atoms with van der Waals surface area (Å²) in [4.78, 5) is 18.8. The number of hydrogen-bond donors (Lipinski definition) is 0. The quantitative estimate of drug-likeness (QED) is 0.831. The van der Waals surface area contributed by atoms with Gasteiger partial charge in [0, 0.05) is 6.20 Å². The Balaban J connectivity index is 2.21. The van der Waals surface area contributed by atoms with E-state index in [1.807, 2.05) is 13.0 Å². The SMILES string of the molecule is Cc1cccnc1-c1noc(CC(=O)C(F)F)n1. The molecule has 0 saturated carbocycles. The van der Waals surface area contributed by atoms with E-state index >= 15 is 0 Å². The topological polar surface area (TPSA) is 68.9 Å². The number of pyridine rings is 1. The Morgan fingerprint density at radius 1 is 1.50 bits per heavy atom. The fourth-order valence-corrected chi connectivity index (χ4v) is 1.37. The van der Waals surface area contributed by atoms with Crippen molar-refractivity contribution < 1.29 is 18.1 Å². The summed E-state index contributed by atoms with van der Waals surface area (Å²) in [6.45, 7) is 1.81. The fourth-order valence-electron chi connectivity index (χ4n) is 1.37. The van der Waals surface area contributed by atoms with E-state index in [1.54, 1.807) is 12.3 Å². The molecule has 0 aliphatic rings. The third-order valence-corrected chi connectivity index (χ3v) is 2.26. The molecule has 2 aromatic heterocycles. The molecule has 0 aromatic carbocycles. The van der Waals surface area contributed by atoms with Crippen LogP contribution in [0.5, 0.6) is 0 Å². The summed E-state index contributed by atoms with van der Waals surface area (Å²) in [6, 6.07) is 3.56. The highest BCUT2D eigenvalue weighted by Crippen LogP contribution is 2.17. The van der Waals surface area contributed by atoms with E-state index in [0.29, 0.717) is 5.69 Å². The number of rotatable bonds is 4. The van der Waals surface area contributed by atoms with E-state index in [0.717, 1.165) is 5.56 Å². The molecule has 0 bridgehead atoms. The highest BCUT2D eigenvalue weighted by atomic mass is 19.3. The van der Waals surface area contributed by atoms with Gasteiger partial charge in [0.05, 0.1) is 6.42 Å². The summed E-state index contributed by atoms with van der Waals surface area (Å²) >= 11 is 0. The molecular weight excluding hydrogens is 244 g/mol. The molecular formula is C11H9F2N3O2. The second kappa shape index (κ2) is 4.99. The summed E-state index contributed by atoms with van der Waals surface area (Å²) in [7, 11) is 0. The lowest BCUT2D eigenvalue weighted by atomic mass is 10.2. The highest BCUT2D eigenvalue weighted by Gasteiger charge is 2.20. The molecule has 0 unspecified atom stereocenters. The van der Waals surface area contributed by atoms with Crippen LogP contribution in [0.3, 0.4) is 0 Å². The smallest absolute Gasteiger partial charge is 0.296 e. The number of aryl methyl sites for hydroxylation is 1. The summed E-state index contributed by atoms with van der Waals surface area (Å²) in [5, 5.41) is 3.61. The average Bonchev–Trinajstić information content (AvgIpc) is 2.77. The van der Waals surface area contributed by atoms with Crippen molar-refractivity contribution in [1.29, 1.82) is 0 Å². The predicted octanol–water partition coefficient (Wildman–Crippen LogP) is 1.82. The first-order valence-corrected chi connectivity index (χ1v) is 5.13. The van der Waals surface area contributed by atoms with Crippen molar-refractivity contribution in [3.05, 3.63) is 29.8 Å². The number of halogens is 2. The van der Waals surface area contributed by atoms with E-state index in [-0.39, 0.29) is 11.7 Å². The maximum Gasteiger partial charge on any atom is 0.296 e. The van der Waals surface area contributed by atoms with Gasteiger partial charge in [-0.15, -0.1) is 0 Å². The van der Waals surface area contributed by atoms with Crippen LogP contribution in [0.15, 0.2) is 22.9 Å². The molecule has 94 valence electrons. The lowest BCUT2D eigenvalue weighted by molar-refractivity contribution is -0.129. The van der Waals surface area contributed by atoms with Gasteiger partial charge >= 0.3 is 0 Å². The summed E-state index contributed by atoms with van der Waals surface area (Å²) in [5.74, 6) is -1.20. The number of hydrogen-bond acceptors (Lipinski definition) is 5. The largest absolute Gasteiger partial charge is 0.338 e. The molecule has 0 aliphatic carbocycles. The van der Waals surface area contributed by atoms with Crippen LogP contribution in [0.1, 0.15) is 11.5 Å². The Bertz CT molecular complexity index is 569. The van der Waals surface area contributed by atoms with Crippen LogP contribution >= 0.6 is 0 Å². The molecule has 0 atom stereocenters. The normalized spacial score (nSPS) is 10.9. The Labute approximate surface area is 101 Å². The summed E-state index contributed by atoms with van der Waals surface area (Å²) in [5.41, 5.74) is 1.32. The number of Topliss-reactive ketones (excluding diaryl/α,β-unsaturated/α-hetero) is 1. The average molecular weight is 253 g/mol. The lowest BCUT2D eigenvalue weighted by Crippen LogP contribution is -2.12. The van der Waals surface area contributed by atoms with Crippen LogP contribution in [0.2, 0.25) is 0 Å². The zero-order chi connectivity index (χ0) is 13.1. The van der Waals surface area contributed by atoms with Crippen molar-refractivity contribution in [2.75, 3.05) is 0 Å². The van der Waals surface area contributed by atoms with Gasteiger partial charge in [-0.1, -0.05) is 11.2 Å². The van der Waals surface area contributed by atoms with E-state index in [4.69, 9.17) is 4.52 Å². The minimum absolute atomic E-state index is 0.139. The predicted molar refractivity (Wildman–Crippen MR) is 57.0 cm³/mol. The van der Waals surface area contributed by atoms with Gasteiger partial charge in [-0.25, -0.2) is 8.78 Å². The molecule has 18 heavy (non-hydrogen) atoms. The maximum atomic E-state index is 12.1. The molecule has 0 saturated heterocycles. The summed E-state index contributed by atoms with van der Waals surface area (Å²) in [6.07, 6.45) is -2.05. The first kappa shape index (κ1) is 12.3. The highest BCUT2D eigenvalue weighted by molar-refractivity contribution is 5.83. The van der Waals surface area contributed by atoms with Crippen molar-refractivity contribution in [2.45, 2.75) is 19.8 Å². The fraction of sp³-hybridized carbons (Fsp3) is 0.273. The number of nitrogens with zero attached hydrogens (tertiary/aromatic N) is 3. The lowest BCUT2D eigenvalue weighted by Gasteiger charge is -1.96. The second-order valence-corrected chi connectivity index (χ2v) is 3.62. The van der Waals surface area contributed by atoms with Gasteiger partial charge in [-0.05, 0) is 18.6 Å². The molecule has 5 nitrogen and oxygen atoms in total. The Morgan fingerprint density at radius 3 is 2.94 bits per heavy atom. The number of alkyl halides is 2. The van der Waals surface area contributed by atoms with Gasteiger partial charge in [0.15, 0.2) is 0 Å². The number of aromatic nitrogens is 3. The monoisotopic (exact) mass is 253 g/mol. The van der Waals surface area contributed by atoms with Crippen molar-refractivity contribution in [2.24, 2.45) is 0 Å². The Morgan fingerprint density at radius 2 is 2.28 bits per heavy atom. The number of carbonyl (C=O) groups excluding carboxylic acids is 1. The van der Waals surface area contributed by atoms with Gasteiger partial charge in [-0.3, -0.25) is 9.78 Å². The van der Waals surface area contributed by atoms with Crippen molar-refractivity contribution in [3.8, 4) is 11.5 Å². The first-order valence-electron chi connectivity index (χ1n) is 5.13. The molecule has 7 heteroatoms. The standard InChI is InChI=1S/C11H9F2N3O2/c1-6-3-2-4-14-9(6)11-15-8(18-16-11)5-7(17)10(12)13/h2-4,10H,5H2,1H3. The van der Waals surface area contributed by atoms with Gasteiger partial charge in [0.1, 0.15) is 5.69 Å². The third-order valence-electron chi connectivity index (χ3n) is 2.26. The second-order valence-electron chi connectivity index (χ2n) is 3.62. The van der Waals surface area contributed by atoms with E-state index in [1.165, 1.54) is 0 Å². The van der Waals surface area contributed by atoms with Gasteiger partial charge in [0.25, 0.3) is 6.43 Å². The molecule has 0 fully saturated rings. The van der Waals surface area contributed by atoms with E-state index in [9.17, 15) is 13.6 Å². The van der Waals surface area contributed by atoms with Gasteiger partial charge in [0.2, 0.25) is 17.5 Å². The maximum absolute atomic E-state index is 12.1. The van der Waals surface area contributed by atoms with Crippen LogP contribution in [-0.4, -0.2) is 27.3 Å². The molecule has 2 rings (SSSR count).